The molecule has 108 valence electrons. The van der Waals surface area contributed by atoms with Crippen LogP contribution in [-0.2, 0) is 22.7 Å². The van der Waals surface area contributed by atoms with Crippen molar-refractivity contribution in [3.63, 3.8) is 0 Å². The number of benzene rings is 1. The fraction of sp³-hybridized carbons (Fsp3) is 0.467. The van der Waals surface area contributed by atoms with Crippen LogP contribution in [0.15, 0.2) is 18.2 Å². The highest BCUT2D eigenvalue weighted by molar-refractivity contribution is 5.90. The number of amides is 1. The van der Waals surface area contributed by atoms with Crippen molar-refractivity contribution < 1.29 is 14.7 Å². The minimum Gasteiger partial charge on any atom is -0.481 e. The number of carboxylic acids is 1. The quantitative estimate of drug-likeness (QED) is 0.782. The van der Waals surface area contributed by atoms with Crippen molar-refractivity contribution in [3.05, 3.63) is 29.3 Å². The molecule has 0 fully saturated rings. The lowest BCUT2D eigenvalue weighted by atomic mass is 10.1. The first-order chi connectivity index (χ1) is 9.54. The van der Waals surface area contributed by atoms with Crippen LogP contribution < -0.4 is 5.32 Å². The summed E-state index contributed by atoms with van der Waals surface area (Å²) in [5, 5.41) is 11.4. The van der Waals surface area contributed by atoms with Crippen molar-refractivity contribution in [1.82, 2.24) is 4.90 Å². The van der Waals surface area contributed by atoms with E-state index >= 15 is 0 Å². The number of carbonyl (C=O) groups excluding carboxylic acids is 1. The largest absolute Gasteiger partial charge is 0.481 e. The SMILES string of the molecule is CN1Cc2ccc(NC(=O)CCCCC(=O)O)cc2C1. The molecule has 0 aliphatic carbocycles. The summed E-state index contributed by atoms with van der Waals surface area (Å²) >= 11 is 0. The Bertz CT molecular complexity index is 514. The van der Waals surface area contributed by atoms with Crippen LogP contribution in [0.5, 0.6) is 0 Å². The van der Waals surface area contributed by atoms with Gasteiger partial charge in [0.2, 0.25) is 5.91 Å². The molecule has 0 spiro atoms. The standard InChI is InChI=1S/C15H20N2O3/c1-17-9-11-6-7-13(8-12(11)10-17)16-14(18)4-2-3-5-15(19)20/h6-8H,2-5,9-10H2,1H3,(H,16,18)(H,19,20). The molecule has 2 N–H and O–H groups in total. The van der Waals surface area contributed by atoms with Crippen molar-refractivity contribution in [2.24, 2.45) is 0 Å². The molecule has 0 unspecified atom stereocenters. The van der Waals surface area contributed by atoms with Gasteiger partial charge in [-0.05, 0) is 43.1 Å². The Morgan fingerprint density at radius 3 is 2.65 bits per heavy atom. The minimum atomic E-state index is -0.812. The highest BCUT2D eigenvalue weighted by Gasteiger charge is 2.15. The summed E-state index contributed by atoms with van der Waals surface area (Å²) in [6, 6.07) is 6.00. The van der Waals surface area contributed by atoms with Crippen molar-refractivity contribution >= 4 is 17.6 Å². The van der Waals surface area contributed by atoms with E-state index in [-0.39, 0.29) is 12.3 Å². The molecule has 0 saturated heterocycles. The minimum absolute atomic E-state index is 0.0540. The molecule has 1 aliphatic heterocycles. The second-order valence-electron chi connectivity index (χ2n) is 5.30. The summed E-state index contributed by atoms with van der Waals surface area (Å²) < 4.78 is 0. The molecular weight excluding hydrogens is 256 g/mol. The molecule has 1 aromatic rings. The molecule has 2 rings (SSSR count). The molecule has 0 saturated carbocycles. The number of rotatable bonds is 6. The molecule has 1 aliphatic rings. The number of carboxylic acid groups (broad SMARTS) is 1. The fourth-order valence-corrected chi connectivity index (χ4v) is 2.43. The van der Waals surface area contributed by atoms with Gasteiger partial charge in [0, 0.05) is 31.6 Å². The maximum absolute atomic E-state index is 11.8. The van der Waals surface area contributed by atoms with Gasteiger partial charge in [-0.1, -0.05) is 6.07 Å². The number of fused-ring (bicyclic) bond motifs is 1. The van der Waals surface area contributed by atoms with E-state index in [0.717, 1.165) is 18.8 Å². The van der Waals surface area contributed by atoms with Crippen LogP contribution in [0.1, 0.15) is 36.8 Å². The summed E-state index contributed by atoms with van der Waals surface area (Å²) in [6.07, 6.45) is 1.63. The number of hydrogen-bond donors (Lipinski definition) is 2. The van der Waals surface area contributed by atoms with Crippen LogP contribution in [0.2, 0.25) is 0 Å². The van der Waals surface area contributed by atoms with Crippen LogP contribution in [0.3, 0.4) is 0 Å². The van der Waals surface area contributed by atoms with Crippen LogP contribution in [0, 0.1) is 0 Å². The summed E-state index contributed by atoms with van der Waals surface area (Å²) in [5.74, 6) is -0.866. The van der Waals surface area contributed by atoms with Gasteiger partial charge in [0.1, 0.15) is 0 Å². The Hall–Kier alpha value is -1.88. The maximum Gasteiger partial charge on any atom is 0.303 e. The van der Waals surface area contributed by atoms with Crippen LogP contribution in [-0.4, -0.2) is 28.9 Å². The van der Waals surface area contributed by atoms with Gasteiger partial charge in [0.25, 0.3) is 0 Å². The Morgan fingerprint density at radius 2 is 1.90 bits per heavy atom. The monoisotopic (exact) mass is 276 g/mol. The second-order valence-corrected chi connectivity index (χ2v) is 5.30. The molecule has 20 heavy (non-hydrogen) atoms. The number of unbranched alkanes of at least 4 members (excludes halogenated alkanes) is 1. The van der Waals surface area contributed by atoms with Gasteiger partial charge in [-0.25, -0.2) is 0 Å². The predicted molar refractivity (Wildman–Crippen MR) is 76.3 cm³/mol. The topological polar surface area (TPSA) is 69.6 Å². The summed E-state index contributed by atoms with van der Waals surface area (Å²) in [7, 11) is 2.07. The highest BCUT2D eigenvalue weighted by Crippen LogP contribution is 2.24. The maximum atomic E-state index is 11.8. The van der Waals surface area contributed by atoms with Crippen molar-refractivity contribution in [2.75, 3.05) is 12.4 Å². The third-order valence-electron chi connectivity index (χ3n) is 3.42. The average Bonchev–Trinajstić information content (AvgIpc) is 2.74. The smallest absolute Gasteiger partial charge is 0.303 e. The first-order valence-corrected chi connectivity index (χ1v) is 6.86. The zero-order valence-corrected chi connectivity index (χ0v) is 11.7. The number of aliphatic carboxylic acids is 1. The van der Waals surface area contributed by atoms with Crippen LogP contribution in [0.25, 0.3) is 0 Å². The molecule has 1 aromatic carbocycles. The third kappa shape index (κ3) is 4.06. The van der Waals surface area contributed by atoms with E-state index in [1.165, 1.54) is 11.1 Å². The number of anilines is 1. The lowest BCUT2D eigenvalue weighted by Crippen LogP contribution is -2.11. The normalized spacial score (nSPS) is 14.1. The number of carbonyl (C=O) groups is 2. The van der Waals surface area contributed by atoms with Gasteiger partial charge in [0.05, 0.1) is 0 Å². The van der Waals surface area contributed by atoms with Gasteiger partial charge < -0.3 is 10.4 Å². The molecule has 1 heterocycles. The summed E-state index contributed by atoms with van der Waals surface area (Å²) in [6.45, 7) is 1.87. The van der Waals surface area contributed by atoms with E-state index in [0.29, 0.717) is 19.3 Å². The van der Waals surface area contributed by atoms with Gasteiger partial charge >= 0.3 is 5.97 Å². The molecule has 0 radical (unpaired) electrons. The third-order valence-corrected chi connectivity index (χ3v) is 3.42. The van der Waals surface area contributed by atoms with Crippen LogP contribution in [0.4, 0.5) is 5.69 Å². The first-order valence-electron chi connectivity index (χ1n) is 6.86. The number of hydrogen-bond acceptors (Lipinski definition) is 3. The summed E-state index contributed by atoms with van der Waals surface area (Å²) in [4.78, 5) is 24.3. The van der Waals surface area contributed by atoms with Gasteiger partial charge in [-0.15, -0.1) is 0 Å². The van der Waals surface area contributed by atoms with E-state index in [1.807, 2.05) is 12.1 Å². The zero-order valence-electron chi connectivity index (χ0n) is 11.7. The molecular formula is C15H20N2O3. The Kier molecular flexibility index (Phi) is 4.74. The molecule has 0 bridgehead atoms. The molecule has 1 amide bonds. The van der Waals surface area contributed by atoms with Crippen molar-refractivity contribution in [2.45, 2.75) is 38.8 Å². The van der Waals surface area contributed by atoms with Gasteiger partial charge in [-0.2, -0.15) is 0 Å². The van der Waals surface area contributed by atoms with E-state index in [9.17, 15) is 9.59 Å². The highest BCUT2D eigenvalue weighted by atomic mass is 16.4. The van der Waals surface area contributed by atoms with E-state index in [1.54, 1.807) is 0 Å². The molecule has 5 heteroatoms. The first kappa shape index (κ1) is 14.5. The van der Waals surface area contributed by atoms with E-state index < -0.39 is 5.97 Å². The van der Waals surface area contributed by atoms with Gasteiger partial charge in [0.15, 0.2) is 0 Å². The number of nitrogens with one attached hydrogen (secondary N) is 1. The second kappa shape index (κ2) is 6.52. The predicted octanol–water partition coefficient (Wildman–Crippen LogP) is 2.22. The lowest BCUT2D eigenvalue weighted by Gasteiger charge is -2.07. The van der Waals surface area contributed by atoms with E-state index in [4.69, 9.17) is 5.11 Å². The zero-order chi connectivity index (χ0) is 14.5. The molecule has 0 aromatic heterocycles. The Balaban J connectivity index is 1.80. The molecule has 5 nitrogen and oxygen atoms in total. The van der Waals surface area contributed by atoms with Gasteiger partial charge in [-0.3, -0.25) is 14.5 Å². The van der Waals surface area contributed by atoms with Crippen LogP contribution >= 0.6 is 0 Å². The average molecular weight is 276 g/mol. The fourth-order valence-electron chi connectivity index (χ4n) is 2.43. The lowest BCUT2D eigenvalue weighted by molar-refractivity contribution is -0.137. The van der Waals surface area contributed by atoms with Crippen molar-refractivity contribution in [3.8, 4) is 0 Å². The molecule has 0 atom stereocenters. The number of nitrogens with zero attached hydrogens (tertiary/aromatic N) is 1. The summed E-state index contributed by atoms with van der Waals surface area (Å²) in [5.41, 5.74) is 3.39. The Labute approximate surface area is 118 Å². The van der Waals surface area contributed by atoms with Crippen molar-refractivity contribution in [1.29, 1.82) is 0 Å². The van der Waals surface area contributed by atoms with E-state index in [2.05, 4.69) is 23.3 Å². The Morgan fingerprint density at radius 1 is 1.20 bits per heavy atom.